The Morgan fingerprint density at radius 2 is 2.16 bits per heavy atom. The molecule has 1 fully saturated rings. The maximum Gasteiger partial charge on any atom is 0.339 e. The third-order valence-corrected chi connectivity index (χ3v) is 3.14. The van der Waals surface area contributed by atoms with Crippen molar-refractivity contribution in [3.05, 3.63) is 30.1 Å². The van der Waals surface area contributed by atoms with E-state index in [1.807, 2.05) is 4.90 Å². The van der Waals surface area contributed by atoms with Gasteiger partial charge in [0.05, 0.1) is 24.9 Å². The molecule has 3 rings (SSSR count). The first-order valence-corrected chi connectivity index (χ1v) is 6.06. The number of carboxylic acid groups (broad SMARTS) is 1. The molecule has 2 aromatic heterocycles. The van der Waals surface area contributed by atoms with E-state index < -0.39 is 5.97 Å². The van der Waals surface area contributed by atoms with Crippen molar-refractivity contribution in [3.8, 4) is 0 Å². The highest BCUT2D eigenvalue weighted by molar-refractivity contribution is 5.98. The molecule has 0 bridgehead atoms. The lowest BCUT2D eigenvalue weighted by Crippen LogP contribution is -2.37. The van der Waals surface area contributed by atoms with Crippen LogP contribution in [0.25, 0.3) is 10.9 Å². The van der Waals surface area contributed by atoms with Crippen LogP contribution in [0.2, 0.25) is 0 Å². The molecule has 6 nitrogen and oxygen atoms in total. The quantitative estimate of drug-likeness (QED) is 0.872. The number of hydrogen-bond donors (Lipinski definition) is 1. The molecule has 1 aliphatic rings. The van der Waals surface area contributed by atoms with Crippen LogP contribution >= 0.6 is 0 Å². The third-order valence-electron chi connectivity index (χ3n) is 3.14. The molecule has 1 N–H and O–H groups in total. The zero-order valence-electron chi connectivity index (χ0n) is 10.2. The van der Waals surface area contributed by atoms with E-state index in [1.54, 1.807) is 24.5 Å². The van der Waals surface area contributed by atoms with Gasteiger partial charge in [-0.2, -0.15) is 0 Å². The number of nitrogens with zero attached hydrogens (tertiary/aromatic N) is 3. The van der Waals surface area contributed by atoms with Gasteiger partial charge in [0.1, 0.15) is 11.4 Å². The smallest absolute Gasteiger partial charge is 0.339 e. The minimum atomic E-state index is -0.965. The van der Waals surface area contributed by atoms with Gasteiger partial charge in [0.15, 0.2) is 0 Å². The number of fused-ring (bicyclic) bond motifs is 1. The molecule has 0 atom stereocenters. The third kappa shape index (κ3) is 2.22. The van der Waals surface area contributed by atoms with Crippen molar-refractivity contribution in [3.63, 3.8) is 0 Å². The van der Waals surface area contributed by atoms with Gasteiger partial charge in [-0.1, -0.05) is 0 Å². The summed E-state index contributed by atoms with van der Waals surface area (Å²) in [6.07, 6.45) is 3.27. The fourth-order valence-electron chi connectivity index (χ4n) is 2.18. The van der Waals surface area contributed by atoms with Crippen molar-refractivity contribution in [1.29, 1.82) is 0 Å². The van der Waals surface area contributed by atoms with E-state index in [0.717, 1.165) is 5.39 Å². The van der Waals surface area contributed by atoms with Crippen LogP contribution in [-0.2, 0) is 4.74 Å². The molecule has 0 saturated carbocycles. The van der Waals surface area contributed by atoms with Crippen molar-refractivity contribution in [2.45, 2.75) is 0 Å². The fourth-order valence-corrected chi connectivity index (χ4v) is 2.18. The Balaban J connectivity index is 2.14. The van der Waals surface area contributed by atoms with Crippen LogP contribution in [0.5, 0.6) is 0 Å². The summed E-state index contributed by atoms with van der Waals surface area (Å²) >= 11 is 0. The number of carbonyl (C=O) groups is 1. The molecule has 3 heterocycles. The van der Waals surface area contributed by atoms with Gasteiger partial charge >= 0.3 is 5.97 Å². The SMILES string of the molecule is O=C(O)c1cc2ccncc2nc1N1CCOCC1. The summed E-state index contributed by atoms with van der Waals surface area (Å²) in [6, 6.07) is 3.41. The summed E-state index contributed by atoms with van der Waals surface area (Å²) in [7, 11) is 0. The maximum absolute atomic E-state index is 11.4. The van der Waals surface area contributed by atoms with Gasteiger partial charge in [-0.25, -0.2) is 9.78 Å². The van der Waals surface area contributed by atoms with Crippen LogP contribution in [0, 0.1) is 0 Å². The lowest BCUT2D eigenvalue weighted by Gasteiger charge is -2.29. The van der Waals surface area contributed by atoms with E-state index in [-0.39, 0.29) is 5.56 Å². The molecule has 2 aromatic rings. The summed E-state index contributed by atoms with van der Waals surface area (Å²) in [5.41, 5.74) is 0.926. The van der Waals surface area contributed by atoms with Gasteiger partial charge in [0.2, 0.25) is 0 Å². The van der Waals surface area contributed by atoms with Gasteiger partial charge < -0.3 is 14.7 Å². The summed E-state index contributed by atoms with van der Waals surface area (Å²) in [4.78, 5) is 21.8. The molecular weight excluding hydrogens is 246 g/mol. The maximum atomic E-state index is 11.4. The fraction of sp³-hybridized carbons (Fsp3) is 0.308. The van der Waals surface area contributed by atoms with E-state index in [9.17, 15) is 9.90 Å². The van der Waals surface area contributed by atoms with Crippen LogP contribution in [0.4, 0.5) is 5.82 Å². The van der Waals surface area contributed by atoms with E-state index in [4.69, 9.17) is 4.74 Å². The van der Waals surface area contributed by atoms with Crippen LogP contribution < -0.4 is 4.90 Å². The monoisotopic (exact) mass is 259 g/mol. The van der Waals surface area contributed by atoms with Gasteiger partial charge in [-0.05, 0) is 12.1 Å². The predicted octanol–water partition coefficient (Wildman–Crippen LogP) is 1.16. The number of aromatic nitrogens is 2. The molecule has 0 spiro atoms. The van der Waals surface area contributed by atoms with Gasteiger partial charge in [-0.15, -0.1) is 0 Å². The van der Waals surface area contributed by atoms with E-state index in [1.165, 1.54) is 0 Å². The Morgan fingerprint density at radius 1 is 1.37 bits per heavy atom. The molecule has 0 radical (unpaired) electrons. The molecule has 98 valence electrons. The van der Waals surface area contributed by atoms with Gasteiger partial charge in [-0.3, -0.25) is 4.98 Å². The van der Waals surface area contributed by atoms with E-state index in [2.05, 4.69) is 9.97 Å². The van der Waals surface area contributed by atoms with E-state index in [0.29, 0.717) is 37.6 Å². The van der Waals surface area contributed by atoms with Crippen molar-refractivity contribution in [1.82, 2.24) is 9.97 Å². The zero-order valence-corrected chi connectivity index (χ0v) is 10.2. The summed E-state index contributed by atoms with van der Waals surface area (Å²) in [6.45, 7) is 2.48. The normalized spacial score (nSPS) is 15.7. The van der Waals surface area contributed by atoms with Crippen LogP contribution in [0.3, 0.4) is 0 Å². The Kier molecular flexibility index (Phi) is 3.00. The number of rotatable bonds is 2. The lowest BCUT2D eigenvalue weighted by molar-refractivity contribution is 0.0696. The average Bonchev–Trinajstić information content (AvgIpc) is 2.46. The topological polar surface area (TPSA) is 75.5 Å². The van der Waals surface area contributed by atoms with Gasteiger partial charge in [0.25, 0.3) is 0 Å². The number of aromatic carboxylic acids is 1. The molecule has 1 aliphatic heterocycles. The first-order chi connectivity index (χ1) is 9.25. The molecular formula is C13H13N3O3. The van der Waals surface area contributed by atoms with Crippen molar-refractivity contribution in [2.24, 2.45) is 0 Å². The first-order valence-electron chi connectivity index (χ1n) is 6.06. The number of anilines is 1. The summed E-state index contributed by atoms with van der Waals surface area (Å²) in [5.74, 6) is -0.469. The molecule has 1 saturated heterocycles. The van der Waals surface area contributed by atoms with Crippen molar-refractivity contribution < 1.29 is 14.6 Å². The molecule has 0 amide bonds. The standard InChI is InChI=1S/C13H13N3O3/c17-13(18)10-7-9-1-2-14-8-11(9)15-12(10)16-3-5-19-6-4-16/h1-2,7-8H,3-6H2,(H,17,18). The molecule has 6 heteroatoms. The largest absolute Gasteiger partial charge is 0.478 e. The molecule has 19 heavy (non-hydrogen) atoms. The second-order valence-electron chi connectivity index (χ2n) is 4.33. The highest BCUT2D eigenvalue weighted by atomic mass is 16.5. The number of ether oxygens (including phenoxy) is 1. The van der Waals surface area contributed by atoms with Crippen molar-refractivity contribution >= 4 is 22.7 Å². The minimum Gasteiger partial charge on any atom is -0.478 e. The lowest BCUT2D eigenvalue weighted by atomic mass is 10.1. The van der Waals surface area contributed by atoms with Crippen molar-refractivity contribution in [2.75, 3.05) is 31.2 Å². The van der Waals surface area contributed by atoms with Gasteiger partial charge in [0, 0.05) is 24.7 Å². The van der Waals surface area contributed by atoms with Crippen LogP contribution in [0.15, 0.2) is 24.5 Å². The second kappa shape index (κ2) is 4.81. The highest BCUT2D eigenvalue weighted by Crippen LogP contribution is 2.23. The Labute approximate surface area is 109 Å². The number of pyridine rings is 2. The molecule has 0 aromatic carbocycles. The number of carboxylic acids is 1. The predicted molar refractivity (Wildman–Crippen MR) is 69.5 cm³/mol. The number of hydrogen-bond acceptors (Lipinski definition) is 5. The Hall–Kier alpha value is -2.21. The van der Waals surface area contributed by atoms with E-state index >= 15 is 0 Å². The second-order valence-corrected chi connectivity index (χ2v) is 4.33. The highest BCUT2D eigenvalue weighted by Gasteiger charge is 2.20. The average molecular weight is 259 g/mol. The summed E-state index contributed by atoms with van der Waals surface area (Å²) < 4.78 is 5.28. The first kappa shape index (κ1) is 11.9. The number of morpholine rings is 1. The molecule has 0 aliphatic carbocycles. The van der Waals surface area contributed by atoms with Crippen LogP contribution in [-0.4, -0.2) is 47.3 Å². The summed E-state index contributed by atoms with van der Waals surface area (Å²) in [5, 5.41) is 10.1. The minimum absolute atomic E-state index is 0.223. The Bertz CT molecular complexity index is 624. The van der Waals surface area contributed by atoms with Crippen LogP contribution in [0.1, 0.15) is 10.4 Å². The zero-order chi connectivity index (χ0) is 13.2. The Morgan fingerprint density at radius 3 is 2.89 bits per heavy atom. The molecule has 0 unspecified atom stereocenters.